The van der Waals surface area contributed by atoms with Crippen LogP contribution in [0.5, 0.6) is 0 Å². The van der Waals surface area contributed by atoms with Crippen molar-refractivity contribution in [3.05, 3.63) is 96.6 Å². The molecule has 0 atom stereocenters. The largest absolute Gasteiger partial charge is 0.411 e. The van der Waals surface area contributed by atoms with Crippen LogP contribution in [0.4, 0.5) is 5.82 Å². The number of nitrogens with zero attached hydrogens (tertiary/aromatic N) is 4. The lowest BCUT2D eigenvalue weighted by molar-refractivity contribution is -0.113. The van der Waals surface area contributed by atoms with Gasteiger partial charge >= 0.3 is 0 Å². The van der Waals surface area contributed by atoms with Gasteiger partial charge in [-0.15, -0.1) is 10.2 Å². The van der Waals surface area contributed by atoms with Crippen LogP contribution in [-0.4, -0.2) is 31.6 Å². The minimum absolute atomic E-state index is 0.121. The average molecular weight is 468 g/mol. The highest BCUT2D eigenvalue weighted by atomic mass is 32.2. The molecular weight excluding hydrogens is 446 g/mol. The number of benzene rings is 3. The average Bonchev–Trinajstić information content (AvgIpc) is 3.52. The molecule has 2 aromatic heterocycles. The molecule has 5 rings (SSSR count). The van der Waals surface area contributed by atoms with Crippen molar-refractivity contribution < 1.29 is 9.21 Å². The topological polar surface area (TPSA) is 85.8 Å². The van der Waals surface area contributed by atoms with E-state index in [2.05, 4.69) is 15.5 Å². The van der Waals surface area contributed by atoms with Crippen LogP contribution >= 0.6 is 11.8 Å². The lowest BCUT2D eigenvalue weighted by Crippen LogP contribution is -2.16. The summed E-state index contributed by atoms with van der Waals surface area (Å²) in [5.74, 6) is 0.950. The number of nitrogens with one attached hydrogen (secondary N) is 1. The maximum absolute atomic E-state index is 12.8. The van der Waals surface area contributed by atoms with Crippen molar-refractivity contribution in [2.45, 2.75) is 12.1 Å². The molecule has 2 heterocycles. The van der Waals surface area contributed by atoms with Crippen LogP contribution in [0.3, 0.4) is 0 Å². The lowest BCUT2D eigenvalue weighted by Gasteiger charge is -2.08. The Hall–Kier alpha value is -4.17. The summed E-state index contributed by atoms with van der Waals surface area (Å²) >= 11 is 1.19. The van der Waals surface area contributed by atoms with Crippen LogP contribution in [-0.2, 0) is 4.79 Å². The number of anilines is 1. The van der Waals surface area contributed by atoms with Gasteiger partial charge in [0.1, 0.15) is 5.82 Å². The number of carbonyl (C=O) groups excluding carboxylic acids is 1. The molecule has 7 nitrogen and oxygen atoms in total. The zero-order chi connectivity index (χ0) is 23.3. The number of hydrogen-bond acceptors (Lipinski definition) is 6. The fourth-order valence-corrected chi connectivity index (χ4v) is 4.05. The molecule has 0 aliphatic carbocycles. The van der Waals surface area contributed by atoms with Crippen LogP contribution in [0.25, 0.3) is 28.4 Å². The van der Waals surface area contributed by atoms with Crippen molar-refractivity contribution in [1.82, 2.24) is 20.0 Å². The fourth-order valence-electron chi connectivity index (χ4n) is 3.48. The third kappa shape index (κ3) is 4.77. The summed E-state index contributed by atoms with van der Waals surface area (Å²) in [6, 6.07) is 29.2. The van der Waals surface area contributed by atoms with Gasteiger partial charge in [-0.2, -0.15) is 5.10 Å². The third-order valence-electron chi connectivity index (χ3n) is 5.16. The Balaban J connectivity index is 1.32. The fraction of sp³-hybridized carbons (Fsp3) is 0.0769. The van der Waals surface area contributed by atoms with E-state index in [9.17, 15) is 4.79 Å². The number of carbonyl (C=O) groups is 1. The van der Waals surface area contributed by atoms with Gasteiger partial charge in [-0.25, -0.2) is 4.68 Å². The summed E-state index contributed by atoms with van der Waals surface area (Å²) in [5, 5.41) is 16.2. The molecule has 5 aromatic rings. The number of hydrogen-bond donors (Lipinski definition) is 1. The first-order chi connectivity index (χ1) is 16.7. The normalized spacial score (nSPS) is 10.9. The molecule has 34 heavy (non-hydrogen) atoms. The second-order valence-corrected chi connectivity index (χ2v) is 8.48. The first-order valence-electron chi connectivity index (χ1n) is 10.7. The molecule has 0 radical (unpaired) electrons. The molecule has 0 bridgehead atoms. The van der Waals surface area contributed by atoms with Crippen molar-refractivity contribution in [2.75, 3.05) is 11.1 Å². The molecule has 0 spiro atoms. The van der Waals surface area contributed by atoms with Gasteiger partial charge in [-0.1, -0.05) is 78.5 Å². The van der Waals surface area contributed by atoms with E-state index >= 15 is 0 Å². The number of aryl methyl sites for hydroxylation is 1. The van der Waals surface area contributed by atoms with Crippen molar-refractivity contribution in [3.63, 3.8) is 0 Å². The summed E-state index contributed by atoms with van der Waals surface area (Å²) in [6.45, 7) is 1.99. The summed E-state index contributed by atoms with van der Waals surface area (Å²) in [6.07, 6.45) is 0. The highest BCUT2D eigenvalue weighted by molar-refractivity contribution is 7.99. The molecule has 168 valence electrons. The number of para-hydroxylation sites is 1. The summed E-state index contributed by atoms with van der Waals surface area (Å²) in [5.41, 5.74) is 4.52. The molecule has 3 aromatic carbocycles. The van der Waals surface area contributed by atoms with E-state index in [1.54, 1.807) is 4.68 Å². The molecule has 0 saturated heterocycles. The van der Waals surface area contributed by atoms with Gasteiger partial charge in [0, 0.05) is 17.2 Å². The highest BCUT2D eigenvalue weighted by Gasteiger charge is 2.16. The van der Waals surface area contributed by atoms with Crippen molar-refractivity contribution in [2.24, 2.45) is 0 Å². The zero-order valence-electron chi connectivity index (χ0n) is 18.4. The van der Waals surface area contributed by atoms with E-state index in [0.717, 1.165) is 28.1 Å². The van der Waals surface area contributed by atoms with Gasteiger partial charge in [0.25, 0.3) is 5.22 Å². The van der Waals surface area contributed by atoms with E-state index in [4.69, 9.17) is 9.52 Å². The van der Waals surface area contributed by atoms with Gasteiger partial charge in [-0.3, -0.25) is 4.79 Å². The molecule has 0 unspecified atom stereocenters. The van der Waals surface area contributed by atoms with Crippen LogP contribution in [0, 0.1) is 6.92 Å². The minimum atomic E-state index is -0.197. The van der Waals surface area contributed by atoms with Gasteiger partial charge in [0.15, 0.2) is 0 Å². The number of rotatable bonds is 7. The van der Waals surface area contributed by atoms with Crippen LogP contribution in [0.2, 0.25) is 0 Å². The predicted molar refractivity (Wildman–Crippen MR) is 133 cm³/mol. The van der Waals surface area contributed by atoms with Gasteiger partial charge in [-0.05, 0) is 30.7 Å². The van der Waals surface area contributed by atoms with E-state index < -0.39 is 0 Å². The van der Waals surface area contributed by atoms with Crippen molar-refractivity contribution in [1.29, 1.82) is 0 Å². The van der Waals surface area contributed by atoms with E-state index in [1.807, 2.05) is 97.9 Å². The summed E-state index contributed by atoms with van der Waals surface area (Å²) in [4.78, 5) is 12.8. The Bertz CT molecular complexity index is 1410. The molecule has 0 aliphatic heterocycles. The van der Waals surface area contributed by atoms with Gasteiger partial charge in [0.05, 0.1) is 17.1 Å². The third-order valence-corrected chi connectivity index (χ3v) is 5.97. The molecular formula is C26H21N5O2S. The minimum Gasteiger partial charge on any atom is -0.411 e. The smallest absolute Gasteiger partial charge is 0.277 e. The summed E-state index contributed by atoms with van der Waals surface area (Å²) in [7, 11) is 0. The van der Waals surface area contributed by atoms with Crippen molar-refractivity contribution in [3.8, 4) is 28.4 Å². The first kappa shape index (κ1) is 21.7. The molecule has 0 saturated carbocycles. The Morgan fingerprint density at radius 3 is 2.41 bits per heavy atom. The standard InChI is InChI=1S/C26H21N5O2S/c1-18-10-8-9-15-21(18)25-28-29-26(33-25)34-17-24(32)27-23-16-22(19-11-4-2-5-12-19)30-31(23)20-13-6-3-7-14-20/h2-16H,17H2,1H3,(H,27,32). The maximum atomic E-state index is 12.8. The Labute approximate surface area is 200 Å². The first-order valence-corrected chi connectivity index (χ1v) is 11.7. The second kappa shape index (κ2) is 9.76. The SMILES string of the molecule is Cc1ccccc1-c1nnc(SCC(=O)Nc2cc(-c3ccccc3)nn2-c2ccccc2)o1. The van der Waals surface area contributed by atoms with Crippen LogP contribution < -0.4 is 5.32 Å². The van der Waals surface area contributed by atoms with Crippen LogP contribution in [0.1, 0.15) is 5.56 Å². The molecule has 1 N–H and O–H groups in total. The predicted octanol–water partition coefficient (Wildman–Crippen LogP) is 5.63. The lowest BCUT2D eigenvalue weighted by atomic mass is 10.1. The van der Waals surface area contributed by atoms with Crippen molar-refractivity contribution >= 4 is 23.5 Å². The zero-order valence-corrected chi connectivity index (χ0v) is 19.2. The molecule has 0 aliphatic rings. The number of thioether (sulfide) groups is 1. The Kier molecular flexibility index (Phi) is 6.22. The Morgan fingerprint density at radius 1 is 0.941 bits per heavy atom. The monoisotopic (exact) mass is 467 g/mol. The molecule has 1 amide bonds. The van der Waals surface area contributed by atoms with E-state index in [-0.39, 0.29) is 11.7 Å². The number of aromatic nitrogens is 4. The van der Waals surface area contributed by atoms with E-state index in [0.29, 0.717) is 16.9 Å². The molecule has 0 fully saturated rings. The van der Waals surface area contributed by atoms with E-state index in [1.165, 1.54) is 11.8 Å². The quantitative estimate of drug-likeness (QED) is 0.312. The molecule has 8 heteroatoms. The van der Waals surface area contributed by atoms with Gasteiger partial charge in [0.2, 0.25) is 11.8 Å². The van der Waals surface area contributed by atoms with Crippen LogP contribution in [0.15, 0.2) is 101 Å². The van der Waals surface area contributed by atoms with Gasteiger partial charge < -0.3 is 9.73 Å². The second-order valence-electron chi connectivity index (χ2n) is 7.55. The highest BCUT2D eigenvalue weighted by Crippen LogP contribution is 2.27. The summed E-state index contributed by atoms with van der Waals surface area (Å²) < 4.78 is 7.48. The number of amides is 1. The Morgan fingerprint density at radius 2 is 1.65 bits per heavy atom. The maximum Gasteiger partial charge on any atom is 0.277 e.